The van der Waals surface area contributed by atoms with E-state index in [9.17, 15) is 14.7 Å². The van der Waals surface area contributed by atoms with E-state index in [1.165, 1.54) is 22.9 Å². The monoisotopic (exact) mass is 483 g/mol. The molecule has 34 heavy (non-hydrogen) atoms. The number of nitrogens with zero attached hydrogens (tertiary/aromatic N) is 2. The Labute approximate surface area is 207 Å². The molecule has 3 rings (SSSR count). The van der Waals surface area contributed by atoms with E-state index in [1.54, 1.807) is 13.8 Å². The van der Waals surface area contributed by atoms with Crippen LogP contribution >= 0.6 is 11.8 Å². The average molecular weight is 484 g/mol. The summed E-state index contributed by atoms with van der Waals surface area (Å²) < 4.78 is -0.888. The van der Waals surface area contributed by atoms with Gasteiger partial charge in [-0.15, -0.1) is 11.8 Å². The maximum Gasteiger partial charge on any atom is 0.322 e. The van der Waals surface area contributed by atoms with Crippen LogP contribution in [0.15, 0.2) is 47.4 Å². The highest BCUT2D eigenvalue weighted by Crippen LogP contribution is 2.36. The Kier molecular flexibility index (Phi) is 8.52. The van der Waals surface area contributed by atoms with Crippen LogP contribution in [0.1, 0.15) is 51.2 Å². The molecule has 0 radical (unpaired) electrons. The lowest BCUT2D eigenvalue weighted by Crippen LogP contribution is -2.44. The SMILES string of the molecule is CCCCCN(C(=O)Nc1ccc(N(C)C)cc1)C1Cc2ccc(SC(C)(C)C(=O)O)cc2C1. The van der Waals surface area contributed by atoms with Crippen molar-refractivity contribution < 1.29 is 14.7 Å². The Morgan fingerprint density at radius 1 is 1.06 bits per heavy atom. The second kappa shape index (κ2) is 11.2. The number of carbonyl (C=O) groups is 2. The van der Waals surface area contributed by atoms with Crippen molar-refractivity contribution in [3.63, 3.8) is 0 Å². The Morgan fingerprint density at radius 3 is 2.35 bits per heavy atom. The van der Waals surface area contributed by atoms with E-state index in [4.69, 9.17) is 0 Å². The van der Waals surface area contributed by atoms with Gasteiger partial charge >= 0.3 is 12.0 Å². The minimum atomic E-state index is -0.888. The maximum absolute atomic E-state index is 13.3. The number of carbonyl (C=O) groups excluding carboxylic acids is 1. The summed E-state index contributed by atoms with van der Waals surface area (Å²) in [5, 5.41) is 12.6. The predicted octanol–water partition coefficient (Wildman–Crippen LogP) is 5.90. The lowest BCUT2D eigenvalue weighted by Gasteiger charge is -2.29. The van der Waals surface area contributed by atoms with E-state index in [0.717, 1.165) is 54.9 Å². The Hall–Kier alpha value is -2.67. The van der Waals surface area contributed by atoms with Gasteiger partial charge in [-0.25, -0.2) is 4.79 Å². The van der Waals surface area contributed by atoms with Gasteiger partial charge in [-0.05, 0) is 80.6 Å². The van der Waals surface area contributed by atoms with Gasteiger partial charge in [0.1, 0.15) is 4.75 Å². The van der Waals surface area contributed by atoms with Crippen LogP contribution in [0.2, 0.25) is 0 Å². The summed E-state index contributed by atoms with van der Waals surface area (Å²) in [6.07, 6.45) is 4.78. The fraction of sp³-hybridized carbons (Fsp3) is 0.481. The Bertz CT molecular complexity index is 1000. The van der Waals surface area contributed by atoms with Gasteiger partial charge in [0.15, 0.2) is 0 Å². The van der Waals surface area contributed by atoms with Crippen molar-refractivity contribution in [2.75, 3.05) is 30.9 Å². The molecular weight excluding hydrogens is 446 g/mol. The first-order valence-corrected chi connectivity index (χ1v) is 12.8. The lowest BCUT2D eigenvalue weighted by atomic mass is 10.1. The molecule has 0 aromatic heterocycles. The van der Waals surface area contributed by atoms with Gasteiger partial charge in [0.05, 0.1) is 0 Å². The highest BCUT2D eigenvalue weighted by molar-refractivity contribution is 8.01. The third-order valence-corrected chi connectivity index (χ3v) is 7.49. The van der Waals surface area contributed by atoms with Gasteiger partial charge in [0, 0.05) is 43.0 Å². The Balaban J connectivity index is 1.73. The fourth-order valence-electron chi connectivity index (χ4n) is 4.21. The summed E-state index contributed by atoms with van der Waals surface area (Å²) >= 11 is 1.36. The summed E-state index contributed by atoms with van der Waals surface area (Å²) in [7, 11) is 3.99. The zero-order valence-electron chi connectivity index (χ0n) is 20.9. The number of hydrogen-bond donors (Lipinski definition) is 2. The van der Waals surface area contributed by atoms with Crippen molar-refractivity contribution in [1.29, 1.82) is 0 Å². The number of hydrogen-bond acceptors (Lipinski definition) is 4. The first-order chi connectivity index (χ1) is 16.1. The van der Waals surface area contributed by atoms with Gasteiger partial charge in [0.25, 0.3) is 0 Å². The molecule has 1 aliphatic carbocycles. The molecule has 0 spiro atoms. The van der Waals surface area contributed by atoms with Crippen LogP contribution in [-0.4, -0.2) is 53.4 Å². The number of aliphatic carboxylic acids is 1. The molecule has 7 heteroatoms. The molecule has 0 heterocycles. The molecule has 1 unspecified atom stereocenters. The average Bonchev–Trinajstić information content (AvgIpc) is 3.19. The van der Waals surface area contributed by atoms with E-state index < -0.39 is 10.7 Å². The molecule has 2 N–H and O–H groups in total. The number of unbranched alkanes of at least 4 members (excludes halogenated alkanes) is 2. The summed E-state index contributed by atoms with van der Waals surface area (Å²) in [6.45, 7) is 6.34. The van der Waals surface area contributed by atoms with Gasteiger partial charge in [-0.1, -0.05) is 25.8 Å². The van der Waals surface area contributed by atoms with Gasteiger partial charge in [-0.3, -0.25) is 4.79 Å². The third-order valence-electron chi connectivity index (χ3n) is 6.32. The minimum Gasteiger partial charge on any atom is -0.480 e. The molecule has 2 amide bonds. The van der Waals surface area contributed by atoms with Crippen molar-refractivity contribution in [2.45, 2.75) is 68.6 Å². The van der Waals surface area contributed by atoms with Gasteiger partial charge in [0.2, 0.25) is 0 Å². The number of carboxylic acid groups (broad SMARTS) is 1. The lowest BCUT2D eigenvalue weighted by molar-refractivity contribution is -0.138. The standard InChI is InChI=1S/C27H37N3O3S/c1-6-7-8-15-30(26(33)28-21-10-12-22(13-11-21)29(4)5)23-16-19-9-14-24(18-20(19)17-23)34-27(2,3)25(31)32/h9-14,18,23H,6-8,15-17H2,1-5H3,(H,28,33)(H,31,32). The van der Waals surface area contributed by atoms with Crippen molar-refractivity contribution in [3.8, 4) is 0 Å². The van der Waals surface area contributed by atoms with E-state index in [-0.39, 0.29) is 12.1 Å². The predicted molar refractivity (Wildman–Crippen MR) is 141 cm³/mol. The maximum atomic E-state index is 13.3. The summed E-state index contributed by atoms with van der Waals surface area (Å²) in [5.74, 6) is -0.826. The van der Waals surface area contributed by atoms with Crippen LogP contribution in [0, 0.1) is 0 Å². The van der Waals surface area contributed by atoms with Crippen molar-refractivity contribution in [2.24, 2.45) is 0 Å². The number of urea groups is 1. The molecule has 0 bridgehead atoms. The first-order valence-electron chi connectivity index (χ1n) is 12.0. The van der Waals surface area contributed by atoms with Crippen LogP contribution in [0.3, 0.4) is 0 Å². The van der Waals surface area contributed by atoms with Gasteiger partial charge < -0.3 is 20.2 Å². The molecule has 2 aromatic carbocycles. The second-order valence-electron chi connectivity index (χ2n) is 9.68. The largest absolute Gasteiger partial charge is 0.480 e. The Morgan fingerprint density at radius 2 is 1.74 bits per heavy atom. The number of rotatable bonds is 10. The van der Waals surface area contributed by atoms with E-state index in [1.807, 2.05) is 54.2 Å². The van der Waals surface area contributed by atoms with Crippen molar-refractivity contribution in [1.82, 2.24) is 4.90 Å². The molecule has 0 saturated heterocycles. The van der Waals surface area contributed by atoms with E-state index in [2.05, 4.69) is 24.4 Å². The van der Waals surface area contributed by atoms with Crippen LogP contribution in [0.25, 0.3) is 0 Å². The quantitative estimate of drug-likeness (QED) is 0.325. The minimum absolute atomic E-state index is 0.0619. The number of fused-ring (bicyclic) bond motifs is 1. The normalized spacial score (nSPS) is 15.0. The van der Waals surface area contributed by atoms with E-state index >= 15 is 0 Å². The summed E-state index contributed by atoms with van der Waals surface area (Å²) in [4.78, 5) is 29.8. The topological polar surface area (TPSA) is 72.9 Å². The fourth-order valence-corrected chi connectivity index (χ4v) is 5.23. The number of anilines is 2. The smallest absolute Gasteiger partial charge is 0.322 e. The molecule has 2 aromatic rings. The van der Waals surface area contributed by atoms with Crippen LogP contribution in [0.4, 0.5) is 16.2 Å². The molecule has 6 nitrogen and oxygen atoms in total. The molecular formula is C27H37N3O3S. The second-order valence-corrected chi connectivity index (χ2v) is 11.4. The molecule has 1 aliphatic rings. The zero-order valence-corrected chi connectivity index (χ0v) is 21.7. The van der Waals surface area contributed by atoms with Crippen molar-refractivity contribution >= 4 is 35.1 Å². The number of benzene rings is 2. The molecule has 0 fully saturated rings. The summed E-state index contributed by atoms with van der Waals surface area (Å²) in [5.41, 5.74) is 4.33. The van der Waals surface area contributed by atoms with Crippen molar-refractivity contribution in [3.05, 3.63) is 53.6 Å². The zero-order chi connectivity index (χ0) is 24.9. The number of carboxylic acids is 1. The van der Waals surface area contributed by atoms with Crippen LogP contribution in [0.5, 0.6) is 0 Å². The molecule has 184 valence electrons. The number of amides is 2. The van der Waals surface area contributed by atoms with Gasteiger partial charge in [-0.2, -0.15) is 0 Å². The van der Waals surface area contributed by atoms with Crippen LogP contribution in [-0.2, 0) is 17.6 Å². The third kappa shape index (κ3) is 6.47. The molecule has 0 saturated carbocycles. The number of nitrogens with one attached hydrogen (secondary N) is 1. The highest BCUT2D eigenvalue weighted by atomic mass is 32.2. The molecule has 1 atom stereocenters. The first kappa shape index (κ1) is 25.9. The van der Waals surface area contributed by atoms with Crippen LogP contribution < -0.4 is 10.2 Å². The summed E-state index contributed by atoms with van der Waals surface area (Å²) in [6, 6.07) is 14.1. The number of thioether (sulfide) groups is 1. The van der Waals surface area contributed by atoms with E-state index in [0.29, 0.717) is 0 Å². The highest BCUT2D eigenvalue weighted by Gasteiger charge is 2.32. The molecule has 0 aliphatic heterocycles.